The topological polar surface area (TPSA) is 70.7 Å². The molecule has 0 spiro atoms. The van der Waals surface area contributed by atoms with E-state index in [1.807, 2.05) is 49.4 Å². The Balaban J connectivity index is 1.34. The van der Waals surface area contributed by atoms with E-state index in [1.54, 1.807) is 6.07 Å². The highest BCUT2D eigenvalue weighted by Gasteiger charge is 2.22. The normalized spacial score (nSPS) is 17.8. The molecule has 1 fully saturated rings. The Hall–Kier alpha value is -2.61. The molecule has 0 radical (unpaired) electrons. The molecule has 2 amide bonds. The van der Waals surface area contributed by atoms with Crippen LogP contribution in [0.4, 0.5) is 5.69 Å². The van der Waals surface area contributed by atoms with E-state index in [0.29, 0.717) is 22.7 Å². The molecule has 31 heavy (non-hydrogen) atoms. The lowest BCUT2D eigenvalue weighted by Gasteiger charge is -2.26. The highest BCUT2D eigenvalue weighted by molar-refractivity contribution is 8.04. The number of thioether (sulfide) groups is 1. The lowest BCUT2D eigenvalue weighted by molar-refractivity contribution is -0.112. The fourth-order valence-electron chi connectivity index (χ4n) is 3.55. The van der Waals surface area contributed by atoms with E-state index in [2.05, 4.69) is 15.5 Å². The zero-order chi connectivity index (χ0) is 21.6. The van der Waals surface area contributed by atoms with Crippen molar-refractivity contribution in [1.29, 1.82) is 0 Å². The zero-order valence-electron chi connectivity index (χ0n) is 17.6. The first-order valence-electron chi connectivity index (χ1n) is 10.6. The SMILES string of the molecule is Cc1ccc(C=C2Sc3ccc(C(=O)NCCCN4CCOCC4)cc3NC2=O)cc1. The van der Waals surface area contributed by atoms with Crippen molar-refractivity contribution < 1.29 is 14.3 Å². The van der Waals surface area contributed by atoms with Crippen LogP contribution in [0, 0.1) is 6.92 Å². The number of ether oxygens (including phenoxy) is 1. The molecule has 2 aliphatic rings. The quantitative estimate of drug-likeness (QED) is 0.534. The minimum Gasteiger partial charge on any atom is -0.379 e. The van der Waals surface area contributed by atoms with Gasteiger partial charge < -0.3 is 15.4 Å². The van der Waals surface area contributed by atoms with Crippen LogP contribution in [-0.2, 0) is 9.53 Å². The van der Waals surface area contributed by atoms with E-state index < -0.39 is 0 Å². The summed E-state index contributed by atoms with van der Waals surface area (Å²) in [6, 6.07) is 13.5. The first-order valence-corrected chi connectivity index (χ1v) is 11.4. The fourth-order valence-corrected chi connectivity index (χ4v) is 4.48. The van der Waals surface area contributed by atoms with Crippen LogP contribution in [0.1, 0.15) is 27.9 Å². The van der Waals surface area contributed by atoms with Crippen LogP contribution in [-0.4, -0.2) is 56.1 Å². The molecule has 0 atom stereocenters. The number of nitrogens with one attached hydrogen (secondary N) is 2. The molecular weight excluding hydrogens is 410 g/mol. The summed E-state index contributed by atoms with van der Waals surface area (Å²) < 4.78 is 5.35. The third-order valence-electron chi connectivity index (χ3n) is 5.35. The minimum absolute atomic E-state index is 0.120. The average molecular weight is 438 g/mol. The standard InChI is InChI=1S/C24H27N3O3S/c1-17-3-5-18(6-4-17)15-22-24(29)26-20-16-19(7-8-21(20)31-22)23(28)25-9-2-10-27-11-13-30-14-12-27/h3-8,15-16H,2,9-14H2,1H3,(H,25,28)(H,26,29). The van der Waals surface area contributed by atoms with Crippen LogP contribution in [0.25, 0.3) is 6.08 Å². The predicted molar refractivity (Wildman–Crippen MR) is 124 cm³/mol. The Morgan fingerprint density at radius 2 is 1.97 bits per heavy atom. The summed E-state index contributed by atoms with van der Waals surface area (Å²) in [5.74, 6) is -0.272. The molecule has 0 saturated carbocycles. The fraction of sp³-hybridized carbons (Fsp3) is 0.333. The first-order chi connectivity index (χ1) is 15.1. The second-order valence-corrected chi connectivity index (χ2v) is 8.83. The molecule has 2 aliphatic heterocycles. The second kappa shape index (κ2) is 10.1. The van der Waals surface area contributed by atoms with Gasteiger partial charge in [-0.25, -0.2) is 0 Å². The van der Waals surface area contributed by atoms with Gasteiger partial charge in [0.05, 0.1) is 23.8 Å². The maximum atomic E-state index is 12.6. The zero-order valence-corrected chi connectivity index (χ0v) is 18.5. The van der Waals surface area contributed by atoms with Gasteiger partial charge in [-0.3, -0.25) is 14.5 Å². The number of rotatable bonds is 6. The van der Waals surface area contributed by atoms with Crippen molar-refractivity contribution in [2.45, 2.75) is 18.2 Å². The Bertz CT molecular complexity index is 982. The van der Waals surface area contributed by atoms with Crippen molar-refractivity contribution in [3.63, 3.8) is 0 Å². The number of carbonyl (C=O) groups excluding carboxylic acids is 2. The monoisotopic (exact) mass is 437 g/mol. The van der Waals surface area contributed by atoms with Crippen molar-refractivity contribution in [1.82, 2.24) is 10.2 Å². The molecule has 6 nitrogen and oxygen atoms in total. The number of benzene rings is 2. The van der Waals surface area contributed by atoms with E-state index in [-0.39, 0.29) is 11.8 Å². The third kappa shape index (κ3) is 5.76. The molecule has 0 aromatic heterocycles. The number of nitrogens with zero attached hydrogens (tertiary/aromatic N) is 1. The van der Waals surface area contributed by atoms with E-state index >= 15 is 0 Å². The number of hydrogen-bond acceptors (Lipinski definition) is 5. The number of carbonyl (C=O) groups is 2. The second-order valence-electron chi connectivity index (χ2n) is 7.75. The summed E-state index contributed by atoms with van der Waals surface area (Å²) in [4.78, 5) is 29.0. The lowest BCUT2D eigenvalue weighted by Crippen LogP contribution is -2.38. The van der Waals surface area contributed by atoms with Crippen molar-refractivity contribution >= 4 is 35.3 Å². The van der Waals surface area contributed by atoms with Crippen LogP contribution in [0.15, 0.2) is 52.3 Å². The van der Waals surface area contributed by atoms with Crippen LogP contribution in [0.3, 0.4) is 0 Å². The van der Waals surface area contributed by atoms with E-state index in [9.17, 15) is 9.59 Å². The van der Waals surface area contributed by atoms with Crippen molar-refractivity contribution in [3.05, 3.63) is 64.1 Å². The van der Waals surface area contributed by atoms with Crippen molar-refractivity contribution in [2.75, 3.05) is 44.7 Å². The molecule has 0 unspecified atom stereocenters. The number of anilines is 1. The van der Waals surface area contributed by atoms with Crippen molar-refractivity contribution in [3.8, 4) is 0 Å². The summed E-state index contributed by atoms with van der Waals surface area (Å²) in [6.07, 6.45) is 2.79. The van der Waals surface area contributed by atoms with Crippen LogP contribution < -0.4 is 10.6 Å². The molecule has 4 rings (SSSR count). The van der Waals surface area contributed by atoms with Gasteiger partial charge in [0.15, 0.2) is 0 Å². The molecule has 1 saturated heterocycles. The van der Waals surface area contributed by atoms with Crippen LogP contribution >= 0.6 is 11.8 Å². The summed E-state index contributed by atoms with van der Waals surface area (Å²) >= 11 is 1.42. The maximum Gasteiger partial charge on any atom is 0.262 e. The highest BCUT2D eigenvalue weighted by Crippen LogP contribution is 2.39. The van der Waals surface area contributed by atoms with Gasteiger partial charge in [-0.15, -0.1) is 0 Å². The highest BCUT2D eigenvalue weighted by atomic mass is 32.2. The van der Waals surface area contributed by atoms with Crippen LogP contribution in [0.5, 0.6) is 0 Å². The van der Waals surface area contributed by atoms with Gasteiger partial charge >= 0.3 is 0 Å². The van der Waals surface area contributed by atoms with E-state index in [1.165, 1.54) is 17.3 Å². The number of morpholine rings is 1. The molecule has 7 heteroatoms. The molecule has 2 heterocycles. The molecule has 0 bridgehead atoms. The Labute approximate surface area is 187 Å². The number of aryl methyl sites for hydroxylation is 1. The molecule has 0 aliphatic carbocycles. The van der Waals surface area contributed by atoms with E-state index in [4.69, 9.17) is 4.74 Å². The maximum absolute atomic E-state index is 12.6. The average Bonchev–Trinajstić information content (AvgIpc) is 2.79. The van der Waals surface area contributed by atoms with Gasteiger partial charge in [0.1, 0.15) is 0 Å². The van der Waals surface area contributed by atoms with Gasteiger partial charge in [0, 0.05) is 30.1 Å². The minimum atomic E-state index is -0.152. The van der Waals surface area contributed by atoms with Crippen LogP contribution in [0.2, 0.25) is 0 Å². The van der Waals surface area contributed by atoms with Crippen molar-refractivity contribution in [2.24, 2.45) is 0 Å². The number of amides is 2. The van der Waals surface area contributed by atoms with Gasteiger partial charge in [0.25, 0.3) is 11.8 Å². The summed E-state index contributed by atoms with van der Waals surface area (Å²) in [5, 5.41) is 5.90. The molecule has 2 N–H and O–H groups in total. The van der Waals surface area contributed by atoms with Gasteiger partial charge in [0.2, 0.25) is 0 Å². The molecular formula is C24H27N3O3S. The number of fused-ring (bicyclic) bond motifs is 1. The third-order valence-corrected chi connectivity index (χ3v) is 6.45. The smallest absolute Gasteiger partial charge is 0.262 e. The summed E-state index contributed by atoms with van der Waals surface area (Å²) in [5.41, 5.74) is 3.40. The summed E-state index contributed by atoms with van der Waals surface area (Å²) in [7, 11) is 0. The largest absolute Gasteiger partial charge is 0.379 e. The predicted octanol–water partition coefficient (Wildman–Crippen LogP) is 3.53. The van der Waals surface area contributed by atoms with Gasteiger partial charge in [-0.05, 0) is 49.7 Å². The Kier molecular flexibility index (Phi) is 7.06. The first kappa shape index (κ1) is 21.6. The Morgan fingerprint density at radius 3 is 2.74 bits per heavy atom. The Morgan fingerprint density at radius 1 is 1.19 bits per heavy atom. The molecule has 2 aromatic rings. The lowest BCUT2D eigenvalue weighted by atomic mass is 10.1. The molecule has 162 valence electrons. The molecule has 2 aromatic carbocycles. The van der Waals surface area contributed by atoms with E-state index in [0.717, 1.165) is 49.7 Å². The van der Waals surface area contributed by atoms with Gasteiger partial charge in [-0.1, -0.05) is 41.6 Å². The summed E-state index contributed by atoms with van der Waals surface area (Å²) in [6.45, 7) is 7.09. The van der Waals surface area contributed by atoms with Gasteiger partial charge in [-0.2, -0.15) is 0 Å². The number of hydrogen-bond donors (Lipinski definition) is 2.